The zero-order valence-corrected chi connectivity index (χ0v) is 18.5. The van der Waals surface area contributed by atoms with Crippen LogP contribution in [-0.2, 0) is 22.6 Å². The molecule has 2 aromatic rings. The number of halogens is 1. The molecule has 156 valence electrons. The Morgan fingerprint density at radius 3 is 2.10 bits per heavy atom. The Morgan fingerprint density at radius 1 is 1.00 bits per heavy atom. The molecule has 2 amide bonds. The van der Waals surface area contributed by atoms with Gasteiger partial charge in [-0.05, 0) is 47.6 Å². The molecule has 2 rings (SSSR count). The third kappa shape index (κ3) is 6.60. The number of aryl methyl sites for hydroxylation is 1. The molecule has 0 saturated carbocycles. The zero-order chi connectivity index (χ0) is 21.4. The minimum atomic E-state index is -0.494. The molecular weight excluding hydrogens is 384 g/mol. The molecule has 0 aromatic heterocycles. The summed E-state index contributed by atoms with van der Waals surface area (Å²) in [6.07, 6.45) is 1.57. The molecule has 5 heteroatoms. The van der Waals surface area contributed by atoms with Gasteiger partial charge in [0.05, 0.1) is 0 Å². The summed E-state index contributed by atoms with van der Waals surface area (Å²) in [5, 5.41) is 3.33. The van der Waals surface area contributed by atoms with E-state index in [1.165, 1.54) is 5.56 Å². The van der Waals surface area contributed by atoms with Crippen molar-refractivity contribution >= 4 is 23.4 Å². The first kappa shape index (κ1) is 23.0. The second-order valence-corrected chi connectivity index (χ2v) is 8.02. The van der Waals surface area contributed by atoms with Crippen LogP contribution in [0.25, 0.3) is 0 Å². The maximum absolute atomic E-state index is 13.1. The number of carbonyl (C=O) groups is 2. The van der Waals surface area contributed by atoms with Crippen LogP contribution in [0.15, 0.2) is 48.5 Å². The van der Waals surface area contributed by atoms with Crippen molar-refractivity contribution < 1.29 is 9.59 Å². The smallest absolute Gasteiger partial charge is 0.242 e. The van der Waals surface area contributed by atoms with Gasteiger partial charge in [-0.3, -0.25) is 9.59 Å². The number of carbonyl (C=O) groups excluding carboxylic acids is 2. The quantitative estimate of drug-likeness (QED) is 0.631. The summed E-state index contributed by atoms with van der Waals surface area (Å²) in [6.45, 7) is 6.63. The summed E-state index contributed by atoms with van der Waals surface area (Å²) in [5.74, 6) is 0.317. The van der Waals surface area contributed by atoms with Gasteiger partial charge in [-0.25, -0.2) is 0 Å². The van der Waals surface area contributed by atoms with Gasteiger partial charge in [-0.1, -0.05) is 68.8 Å². The van der Waals surface area contributed by atoms with E-state index in [4.69, 9.17) is 11.6 Å². The summed E-state index contributed by atoms with van der Waals surface area (Å²) < 4.78 is 0. The van der Waals surface area contributed by atoms with Crippen molar-refractivity contribution in [2.45, 2.75) is 58.5 Å². The van der Waals surface area contributed by atoms with Crippen LogP contribution in [0.1, 0.15) is 56.2 Å². The van der Waals surface area contributed by atoms with Crippen LogP contribution >= 0.6 is 11.6 Å². The summed E-state index contributed by atoms with van der Waals surface area (Å²) in [6, 6.07) is 15.3. The highest BCUT2D eigenvalue weighted by atomic mass is 35.5. The third-order valence-electron chi connectivity index (χ3n) is 5.17. The van der Waals surface area contributed by atoms with E-state index >= 15 is 0 Å². The Kier molecular flexibility index (Phi) is 8.71. The van der Waals surface area contributed by atoms with Crippen LogP contribution < -0.4 is 5.32 Å². The van der Waals surface area contributed by atoms with E-state index in [2.05, 4.69) is 43.4 Å². The molecule has 0 heterocycles. The molecule has 1 atom stereocenters. The van der Waals surface area contributed by atoms with E-state index in [1.807, 2.05) is 19.1 Å². The molecule has 0 bridgehead atoms. The standard InChI is InChI=1S/C24H31ClN2O2/c1-5-22(24(29)26-4)27(16-19-8-13-21(25)14-9-19)23(28)15-10-18-6-11-20(12-7-18)17(2)3/h6-9,11-14,17,22H,5,10,15-16H2,1-4H3,(H,26,29)/t22-/m1/s1. The number of hydrogen-bond acceptors (Lipinski definition) is 2. The fourth-order valence-electron chi connectivity index (χ4n) is 3.34. The monoisotopic (exact) mass is 414 g/mol. The number of likely N-dealkylation sites (N-methyl/N-ethyl adjacent to an activating group) is 1. The number of rotatable bonds is 9. The number of benzene rings is 2. The topological polar surface area (TPSA) is 49.4 Å². The lowest BCUT2D eigenvalue weighted by molar-refractivity contribution is -0.141. The molecule has 0 unspecified atom stereocenters. The lowest BCUT2D eigenvalue weighted by Gasteiger charge is -2.30. The van der Waals surface area contributed by atoms with Gasteiger partial charge in [0.2, 0.25) is 11.8 Å². The average Bonchev–Trinajstić information content (AvgIpc) is 2.73. The Labute approximate surface area is 179 Å². The van der Waals surface area contributed by atoms with Crippen molar-refractivity contribution in [1.82, 2.24) is 10.2 Å². The maximum Gasteiger partial charge on any atom is 0.242 e. The second-order valence-electron chi connectivity index (χ2n) is 7.58. The highest BCUT2D eigenvalue weighted by Crippen LogP contribution is 2.18. The van der Waals surface area contributed by atoms with Gasteiger partial charge < -0.3 is 10.2 Å². The molecule has 0 spiro atoms. The second kappa shape index (κ2) is 11.0. The first-order valence-corrected chi connectivity index (χ1v) is 10.6. The van der Waals surface area contributed by atoms with Gasteiger partial charge in [0.1, 0.15) is 6.04 Å². The van der Waals surface area contributed by atoms with E-state index in [0.717, 1.165) is 11.1 Å². The van der Waals surface area contributed by atoms with Crippen LogP contribution in [0, 0.1) is 0 Å². The molecule has 1 N–H and O–H groups in total. The summed E-state index contributed by atoms with van der Waals surface area (Å²) in [5.41, 5.74) is 3.36. The van der Waals surface area contributed by atoms with Crippen LogP contribution in [0.3, 0.4) is 0 Å². The van der Waals surface area contributed by atoms with Crippen molar-refractivity contribution in [2.75, 3.05) is 7.05 Å². The minimum Gasteiger partial charge on any atom is -0.357 e. The number of nitrogens with one attached hydrogen (secondary N) is 1. The minimum absolute atomic E-state index is 0.0247. The van der Waals surface area contributed by atoms with Gasteiger partial charge >= 0.3 is 0 Å². The number of amides is 2. The van der Waals surface area contributed by atoms with Crippen LogP contribution in [-0.4, -0.2) is 29.8 Å². The Balaban J connectivity index is 2.14. The summed E-state index contributed by atoms with van der Waals surface area (Å²) in [4.78, 5) is 27.2. The van der Waals surface area contributed by atoms with E-state index in [-0.39, 0.29) is 11.8 Å². The normalized spacial score (nSPS) is 11.9. The molecule has 0 fully saturated rings. The van der Waals surface area contributed by atoms with E-state index < -0.39 is 6.04 Å². The van der Waals surface area contributed by atoms with Gasteiger partial charge in [0.25, 0.3) is 0 Å². The van der Waals surface area contributed by atoms with Crippen molar-refractivity contribution in [3.05, 3.63) is 70.2 Å². The fraction of sp³-hybridized carbons (Fsp3) is 0.417. The predicted octanol–water partition coefficient (Wildman–Crippen LogP) is 4.95. The highest BCUT2D eigenvalue weighted by Gasteiger charge is 2.27. The van der Waals surface area contributed by atoms with E-state index in [0.29, 0.717) is 36.7 Å². The third-order valence-corrected chi connectivity index (χ3v) is 5.42. The van der Waals surface area contributed by atoms with Crippen molar-refractivity contribution in [2.24, 2.45) is 0 Å². The largest absolute Gasteiger partial charge is 0.357 e. The lowest BCUT2D eigenvalue weighted by Crippen LogP contribution is -2.48. The van der Waals surface area contributed by atoms with Crippen molar-refractivity contribution in [3.8, 4) is 0 Å². The van der Waals surface area contributed by atoms with Crippen molar-refractivity contribution in [1.29, 1.82) is 0 Å². The molecular formula is C24H31ClN2O2. The molecule has 2 aromatic carbocycles. The SMILES string of the molecule is CC[C@H](C(=O)NC)N(Cc1ccc(Cl)cc1)C(=O)CCc1ccc(C(C)C)cc1. The molecule has 29 heavy (non-hydrogen) atoms. The number of hydrogen-bond donors (Lipinski definition) is 1. The Bertz CT molecular complexity index is 801. The summed E-state index contributed by atoms with van der Waals surface area (Å²) in [7, 11) is 1.60. The zero-order valence-electron chi connectivity index (χ0n) is 17.7. The van der Waals surface area contributed by atoms with Crippen LogP contribution in [0.2, 0.25) is 5.02 Å². The van der Waals surface area contributed by atoms with Crippen LogP contribution in [0.5, 0.6) is 0 Å². The Hall–Kier alpha value is -2.33. The van der Waals surface area contributed by atoms with E-state index in [9.17, 15) is 9.59 Å². The number of nitrogens with zero attached hydrogens (tertiary/aromatic N) is 1. The van der Waals surface area contributed by atoms with Gasteiger partial charge in [0, 0.05) is 25.0 Å². The molecule has 0 aliphatic rings. The lowest BCUT2D eigenvalue weighted by atomic mass is 10.00. The average molecular weight is 415 g/mol. The molecule has 4 nitrogen and oxygen atoms in total. The molecule has 0 radical (unpaired) electrons. The maximum atomic E-state index is 13.1. The highest BCUT2D eigenvalue weighted by molar-refractivity contribution is 6.30. The van der Waals surface area contributed by atoms with E-state index in [1.54, 1.807) is 24.1 Å². The fourth-order valence-corrected chi connectivity index (χ4v) is 3.46. The van der Waals surface area contributed by atoms with Gasteiger partial charge in [-0.2, -0.15) is 0 Å². The van der Waals surface area contributed by atoms with Gasteiger partial charge in [-0.15, -0.1) is 0 Å². The Morgan fingerprint density at radius 2 is 1.59 bits per heavy atom. The van der Waals surface area contributed by atoms with Gasteiger partial charge in [0.15, 0.2) is 0 Å². The molecule has 0 aliphatic heterocycles. The van der Waals surface area contributed by atoms with Crippen LogP contribution in [0.4, 0.5) is 0 Å². The van der Waals surface area contributed by atoms with Crippen molar-refractivity contribution in [3.63, 3.8) is 0 Å². The molecule has 0 aliphatic carbocycles. The first-order valence-electron chi connectivity index (χ1n) is 10.2. The first-order chi connectivity index (χ1) is 13.8. The molecule has 0 saturated heterocycles. The predicted molar refractivity (Wildman–Crippen MR) is 119 cm³/mol. The summed E-state index contributed by atoms with van der Waals surface area (Å²) >= 11 is 5.98.